The molecule has 2 aromatic rings. The second kappa shape index (κ2) is 6.39. The summed E-state index contributed by atoms with van der Waals surface area (Å²) in [6.07, 6.45) is 1.74. The quantitative estimate of drug-likeness (QED) is 0.905. The summed E-state index contributed by atoms with van der Waals surface area (Å²) in [6, 6.07) is 10.3. The van der Waals surface area contributed by atoms with Crippen molar-refractivity contribution in [1.29, 1.82) is 0 Å². The number of aryl methyl sites for hydroxylation is 1. The van der Waals surface area contributed by atoms with Gasteiger partial charge in [-0.3, -0.25) is 4.79 Å². The van der Waals surface area contributed by atoms with Crippen LogP contribution in [0.15, 0.2) is 36.4 Å². The van der Waals surface area contributed by atoms with E-state index in [0.29, 0.717) is 22.1 Å². The molecule has 0 fully saturated rings. The van der Waals surface area contributed by atoms with Crippen molar-refractivity contribution in [3.8, 4) is 0 Å². The van der Waals surface area contributed by atoms with Crippen molar-refractivity contribution in [2.75, 3.05) is 11.1 Å². The van der Waals surface area contributed by atoms with E-state index in [-0.39, 0.29) is 5.91 Å². The van der Waals surface area contributed by atoms with Crippen molar-refractivity contribution in [1.82, 2.24) is 4.98 Å². The number of hydrogen-bond donors (Lipinski definition) is 2. The summed E-state index contributed by atoms with van der Waals surface area (Å²) in [7, 11) is 0. The molecule has 20 heavy (non-hydrogen) atoms. The van der Waals surface area contributed by atoms with Crippen LogP contribution in [-0.4, -0.2) is 10.9 Å². The number of nitrogens with zero attached hydrogens (tertiary/aromatic N) is 1. The third kappa shape index (κ3) is 3.71. The van der Waals surface area contributed by atoms with Crippen molar-refractivity contribution < 1.29 is 4.79 Å². The van der Waals surface area contributed by atoms with E-state index < -0.39 is 0 Å². The lowest BCUT2D eigenvalue weighted by Crippen LogP contribution is -2.13. The minimum atomic E-state index is -0.223. The maximum absolute atomic E-state index is 12.2. The molecule has 0 unspecified atom stereocenters. The number of aromatic nitrogens is 1. The van der Waals surface area contributed by atoms with Gasteiger partial charge < -0.3 is 11.1 Å². The van der Waals surface area contributed by atoms with Crippen LogP contribution in [0.3, 0.4) is 0 Å². The lowest BCUT2D eigenvalue weighted by Gasteiger charge is -2.08. The molecule has 0 saturated heterocycles. The van der Waals surface area contributed by atoms with Crippen molar-refractivity contribution in [2.24, 2.45) is 0 Å². The van der Waals surface area contributed by atoms with Gasteiger partial charge in [0.2, 0.25) is 0 Å². The fourth-order valence-corrected chi connectivity index (χ4v) is 2.09. The summed E-state index contributed by atoms with van der Waals surface area (Å²) in [6.45, 7) is 2.05. The zero-order chi connectivity index (χ0) is 14.5. The highest BCUT2D eigenvalue weighted by molar-refractivity contribution is 6.30. The van der Waals surface area contributed by atoms with Crippen molar-refractivity contribution >= 4 is 29.0 Å². The van der Waals surface area contributed by atoms with Crippen molar-refractivity contribution in [2.45, 2.75) is 19.8 Å². The molecule has 0 aliphatic heterocycles. The number of anilines is 2. The minimum Gasteiger partial charge on any atom is -0.384 e. The third-order valence-corrected chi connectivity index (χ3v) is 2.98. The molecule has 0 aliphatic carbocycles. The molecule has 0 atom stereocenters. The van der Waals surface area contributed by atoms with E-state index in [0.717, 1.165) is 18.5 Å². The molecule has 1 aromatic carbocycles. The van der Waals surface area contributed by atoms with Crippen LogP contribution in [0.4, 0.5) is 11.5 Å². The van der Waals surface area contributed by atoms with Crippen LogP contribution >= 0.6 is 11.6 Å². The molecule has 3 N–H and O–H groups in total. The maximum atomic E-state index is 12.2. The second-order valence-corrected chi connectivity index (χ2v) is 4.92. The fraction of sp³-hybridized carbons (Fsp3) is 0.200. The van der Waals surface area contributed by atoms with Gasteiger partial charge in [-0.15, -0.1) is 0 Å². The van der Waals surface area contributed by atoms with E-state index in [9.17, 15) is 4.79 Å². The summed E-state index contributed by atoms with van der Waals surface area (Å²) < 4.78 is 0. The van der Waals surface area contributed by atoms with Gasteiger partial charge in [0.1, 0.15) is 5.82 Å². The number of halogens is 1. The summed E-state index contributed by atoms with van der Waals surface area (Å²) in [5.41, 5.74) is 7.70. The van der Waals surface area contributed by atoms with Crippen molar-refractivity contribution in [3.63, 3.8) is 0 Å². The fourth-order valence-electron chi connectivity index (χ4n) is 1.90. The molecule has 0 radical (unpaired) electrons. The Hall–Kier alpha value is -2.07. The van der Waals surface area contributed by atoms with Crippen LogP contribution in [0.25, 0.3) is 0 Å². The molecular formula is C15H16ClN3O. The van der Waals surface area contributed by atoms with Crippen LogP contribution in [-0.2, 0) is 6.42 Å². The summed E-state index contributed by atoms with van der Waals surface area (Å²) in [5.74, 6) is 0.130. The predicted molar refractivity (Wildman–Crippen MR) is 82.0 cm³/mol. The van der Waals surface area contributed by atoms with Crippen LogP contribution in [0.1, 0.15) is 29.4 Å². The van der Waals surface area contributed by atoms with Gasteiger partial charge in [-0.2, -0.15) is 0 Å². The number of nitrogen functional groups attached to an aromatic ring is 1. The molecule has 5 heteroatoms. The second-order valence-electron chi connectivity index (χ2n) is 4.49. The summed E-state index contributed by atoms with van der Waals surface area (Å²) in [5, 5.41) is 3.36. The molecular weight excluding hydrogens is 274 g/mol. The smallest absolute Gasteiger partial charge is 0.255 e. The first-order chi connectivity index (χ1) is 9.58. The van der Waals surface area contributed by atoms with E-state index >= 15 is 0 Å². The topological polar surface area (TPSA) is 68.0 Å². The van der Waals surface area contributed by atoms with E-state index in [1.54, 1.807) is 36.4 Å². The first kappa shape index (κ1) is 14.3. The Labute approximate surface area is 123 Å². The Bertz CT molecular complexity index is 628. The van der Waals surface area contributed by atoms with E-state index in [2.05, 4.69) is 17.2 Å². The van der Waals surface area contributed by atoms with E-state index in [1.807, 2.05) is 0 Å². The number of benzene rings is 1. The number of nitrogens with one attached hydrogen (secondary N) is 1. The molecule has 0 aliphatic rings. The molecule has 0 spiro atoms. The molecule has 4 nitrogen and oxygen atoms in total. The van der Waals surface area contributed by atoms with Crippen molar-refractivity contribution in [3.05, 3.63) is 52.7 Å². The number of pyridine rings is 1. The number of carbonyl (C=O) groups excluding carboxylic acids is 1. The number of carbonyl (C=O) groups is 1. The Morgan fingerprint density at radius 1 is 1.35 bits per heavy atom. The van der Waals surface area contributed by atoms with Gasteiger partial charge in [0.15, 0.2) is 0 Å². The minimum absolute atomic E-state index is 0.223. The van der Waals surface area contributed by atoms with Gasteiger partial charge in [-0.25, -0.2) is 4.98 Å². The first-order valence-electron chi connectivity index (χ1n) is 6.42. The van der Waals surface area contributed by atoms with Gasteiger partial charge in [0.25, 0.3) is 5.91 Å². The normalized spacial score (nSPS) is 10.3. The van der Waals surface area contributed by atoms with Crippen LogP contribution < -0.4 is 11.1 Å². The highest BCUT2D eigenvalue weighted by Gasteiger charge is 2.09. The standard InChI is InChI=1S/C15H16ClN3O/c1-2-4-12-7-10(8-14(17)18-12)15(20)19-13-6-3-5-11(16)9-13/h3,5-9H,2,4H2,1H3,(H2,17,18)(H,19,20). The largest absolute Gasteiger partial charge is 0.384 e. The molecule has 0 saturated carbocycles. The maximum Gasteiger partial charge on any atom is 0.255 e. The van der Waals surface area contributed by atoms with Gasteiger partial charge >= 0.3 is 0 Å². The van der Waals surface area contributed by atoms with E-state index in [4.69, 9.17) is 17.3 Å². The Morgan fingerprint density at radius 3 is 2.85 bits per heavy atom. The van der Waals surface area contributed by atoms with Gasteiger partial charge in [0.05, 0.1) is 0 Å². The van der Waals surface area contributed by atoms with Gasteiger partial charge in [-0.05, 0) is 36.8 Å². The molecule has 1 heterocycles. The average Bonchev–Trinajstić information content (AvgIpc) is 2.38. The summed E-state index contributed by atoms with van der Waals surface area (Å²) in [4.78, 5) is 16.4. The SMILES string of the molecule is CCCc1cc(C(=O)Nc2cccc(Cl)c2)cc(N)n1. The Balaban J connectivity index is 2.20. The predicted octanol–water partition coefficient (Wildman–Crippen LogP) is 3.52. The highest BCUT2D eigenvalue weighted by atomic mass is 35.5. The Kier molecular flexibility index (Phi) is 4.58. The third-order valence-electron chi connectivity index (χ3n) is 2.75. The van der Waals surface area contributed by atoms with Crippen LogP contribution in [0.5, 0.6) is 0 Å². The van der Waals surface area contributed by atoms with E-state index in [1.165, 1.54) is 0 Å². The lowest BCUT2D eigenvalue weighted by atomic mass is 10.1. The van der Waals surface area contributed by atoms with Crippen LogP contribution in [0, 0.1) is 0 Å². The Morgan fingerprint density at radius 2 is 2.15 bits per heavy atom. The van der Waals surface area contributed by atoms with Crippen LogP contribution in [0.2, 0.25) is 5.02 Å². The zero-order valence-electron chi connectivity index (χ0n) is 11.2. The highest BCUT2D eigenvalue weighted by Crippen LogP contribution is 2.17. The number of amides is 1. The number of rotatable bonds is 4. The zero-order valence-corrected chi connectivity index (χ0v) is 11.9. The molecule has 104 valence electrons. The molecule has 1 amide bonds. The average molecular weight is 290 g/mol. The monoisotopic (exact) mass is 289 g/mol. The lowest BCUT2D eigenvalue weighted by molar-refractivity contribution is 0.102. The molecule has 0 bridgehead atoms. The van der Waals surface area contributed by atoms with Gasteiger partial charge in [-0.1, -0.05) is 31.0 Å². The summed E-state index contributed by atoms with van der Waals surface area (Å²) >= 11 is 5.88. The van der Waals surface area contributed by atoms with Gasteiger partial charge in [0, 0.05) is 22.0 Å². The molecule has 2 rings (SSSR count). The number of hydrogen-bond acceptors (Lipinski definition) is 3. The molecule has 1 aromatic heterocycles. The number of nitrogens with two attached hydrogens (primary N) is 1. The first-order valence-corrected chi connectivity index (χ1v) is 6.79.